The Bertz CT molecular complexity index is 1210. The molecule has 0 unspecified atom stereocenters. The van der Waals surface area contributed by atoms with Crippen LogP contribution < -0.4 is 14.8 Å². The van der Waals surface area contributed by atoms with Gasteiger partial charge in [-0.05, 0) is 67.8 Å². The third-order valence-corrected chi connectivity index (χ3v) is 5.30. The van der Waals surface area contributed by atoms with Gasteiger partial charge in [-0.15, -0.1) is 0 Å². The smallest absolute Gasteiger partial charge is 0.266 e. The molecule has 0 aliphatic rings. The summed E-state index contributed by atoms with van der Waals surface area (Å²) in [6.07, 6.45) is 1.51. The number of hydrogen-bond acceptors (Lipinski definition) is 4. The number of anilines is 1. The Morgan fingerprint density at radius 1 is 1.03 bits per heavy atom. The van der Waals surface area contributed by atoms with Gasteiger partial charge in [0.2, 0.25) is 0 Å². The molecule has 0 atom stereocenters. The van der Waals surface area contributed by atoms with E-state index >= 15 is 0 Å². The molecule has 1 N–H and O–H groups in total. The minimum Gasteiger partial charge on any atom is -0.490 e. The molecular formula is C27H25ClN2O3. The Morgan fingerprint density at radius 3 is 2.45 bits per heavy atom. The fraction of sp³-hybridized carbons (Fsp3) is 0.185. The van der Waals surface area contributed by atoms with E-state index in [9.17, 15) is 10.1 Å². The van der Waals surface area contributed by atoms with Gasteiger partial charge >= 0.3 is 0 Å². The summed E-state index contributed by atoms with van der Waals surface area (Å²) in [6.45, 7) is 6.65. The quantitative estimate of drug-likeness (QED) is 0.308. The highest BCUT2D eigenvalue weighted by molar-refractivity contribution is 6.31. The molecule has 0 bridgehead atoms. The van der Waals surface area contributed by atoms with Gasteiger partial charge in [0, 0.05) is 10.7 Å². The van der Waals surface area contributed by atoms with Crippen molar-refractivity contribution in [2.75, 3.05) is 11.9 Å². The summed E-state index contributed by atoms with van der Waals surface area (Å²) < 4.78 is 11.7. The minimum absolute atomic E-state index is 0.0394. The first-order chi connectivity index (χ1) is 15.9. The lowest BCUT2D eigenvalue weighted by atomic mass is 10.1. The van der Waals surface area contributed by atoms with Crippen LogP contribution in [0.3, 0.4) is 0 Å². The maximum Gasteiger partial charge on any atom is 0.266 e. The van der Waals surface area contributed by atoms with Crippen molar-refractivity contribution in [2.45, 2.75) is 27.4 Å². The van der Waals surface area contributed by atoms with E-state index in [1.807, 2.05) is 51.1 Å². The van der Waals surface area contributed by atoms with Crippen LogP contribution in [0.5, 0.6) is 11.5 Å². The van der Waals surface area contributed by atoms with Gasteiger partial charge in [0.05, 0.1) is 6.61 Å². The maximum absolute atomic E-state index is 12.6. The number of halogens is 1. The topological polar surface area (TPSA) is 71.3 Å². The number of hydrogen-bond donors (Lipinski definition) is 1. The van der Waals surface area contributed by atoms with Crippen molar-refractivity contribution >= 4 is 29.3 Å². The molecule has 3 aromatic rings. The third-order valence-electron chi connectivity index (χ3n) is 4.89. The molecule has 0 radical (unpaired) electrons. The second-order valence-electron chi connectivity index (χ2n) is 7.50. The van der Waals surface area contributed by atoms with Crippen molar-refractivity contribution in [1.29, 1.82) is 5.26 Å². The van der Waals surface area contributed by atoms with Crippen molar-refractivity contribution < 1.29 is 14.3 Å². The van der Waals surface area contributed by atoms with Crippen LogP contribution in [0.4, 0.5) is 5.69 Å². The van der Waals surface area contributed by atoms with Crippen LogP contribution in [0.2, 0.25) is 5.02 Å². The molecule has 0 saturated carbocycles. The highest BCUT2D eigenvalue weighted by Gasteiger charge is 2.12. The van der Waals surface area contributed by atoms with E-state index in [4.69, 9.17) is 21.1 Å². The summed E-state index contributed by atoms with van der Waals surface area (Å²) in [5, 5.41) is 12.8. The van der Waals surface area contributed by atoms with Crippen molar-refractivity contribution in [3.63, 3.8) is 0 Å². The Balaban J connectivity index is 1.77. The third kappa shape index (κ3) is 6.61. The van der Waals surface area contributed by atoms with E-state index in [2.05, 4.69) is 5.32 Å². The first kappa shape index (κ1) is 23.9. The number of nitriles is 1. The number of carbonyl (C=O) groups excluding carboxylic acids is 1. The van der Waals surface area contributed by atoms with Crippen molar-refractivity contribution in [3.8, 4) is 17.6 Å². The van der Waals surface area contributed by atoms with Crippen LogP contribution in [0.1, 0.15) is 29.2 Å². The van der Waals surface area contributed by atoms with Crippen LogP contribution >= 0.6 is 11.6 Å². The summed E-state index contributed by atoms with van der Waals surface area (Å²) in [4.78, 5) is 12.6. The molecule has 0 aromatic heterocycles. The van der Waals surface area contributed by atoms with E-state index in [0.29, 0.717) is 41.0 Å². The fourth-order valence-electron chi connectivity index (χ4n) is 3.03. The molecule has 33 heavy (non-hydrogen) atoms. The summed E-state index contributed by atoms with van der Waals surface area (Å²) in [5.74, 6) is 0.614. The second-order valence-corrected chi connectivity index (χ2v) is 7.91. The molecule has 3 aromatic carbocycles. The van der Waals surface area contributed by atoms with Gasteiger partial charge in [-0.3, -0.25) is 4.79 Å². The van der Waals surface area contributed by atoms with E-state index < -0.39 is 5.91 Å². The van der Waals surface area contributed by atoms with Crippen LogP contribution in [-0.2, 0) is 11.4 Å². The van der Waals surface area contributed by atoms with E-state index in [1.165, 1.54) is 11.6 Å². The van der Waals surface area contributed by atoms with Crippen molar-refractivity contribution in [2.24, 2.45) is 0 Å². The number of aryl methyl sites for hydroxylation is 2. The molecule has 0 aliphatic carbocycles. The van der Waals surface area contributed by atoms with Crippen molar-refractivity contribution in [1.82, 2.24) is 0 Å². The van der Waals surface area contributed by atoms with Crippen LogP contribution in [0, 0.1) is 25.2 Å². The molecule has 6 heteroatoms. The molecule has 0 aliphatic heterocycles. The number of ether oxygens (including phenoxy) is 2. The number of benzene rings is 3. The SMILES string of the molecule is CCOc1cc(/C=C(/C#N)C(=O)Nc2ccc(C)c(Cl)c2)ccc1OCc1ccc(C)cc1. The lowest BCUT2D eigenvalue weighted by Gasteiger charge is -2.13. The number of rotatable bonds is 8. The largest absolute Gasteiger partial charge is 0.490 e. The zero-order chi connectivity index (χ0) is 23.8. The Morgan fingerprint density at radius 2 is 1.79 bits per heavy atom. The molecule has 3 rings (SSSR count). The van der Waals surface area contributed by atoms with E-state index in [-0.39, 0.29) is 5.57 Å². The number of carbonyl (C=O) groups is 1. The van der Waals surface area contributed by atoms with Gasteiger partial charge in [-0.2, -0.15) is 5.26 Å². The van der Waals surface area contributed by atoms with Gasteiger partial charge in [0.25, 0.3) is 5.91 Å². The van der Waals surface area contributed by atoms with Gasteiger partial charge < -0.3 is 14.8 Å². The predicted molar refractivity (Wildman–Crippen MR) is 132 cm³/mol. The maximum atomic E-state index is 12.6. The van der Waals surface area contributed by atoms with Crippen molar-refractivity contribution in [3.05, 3.63) is 93.5 Å². The second kappa shape index (κ2) is 11.2. The fourth-order valence-corrected chi connectivity index (χ4v) is 3.21. The molecule has 0 fully saturated rings. The van der Waals surface area contributed by atoms with Gasteiger partial charge in [-0.25, -0.2) is 0 Å². The average Bonchev–Trinajstić information content (AvgIpc) is 2.80. The Labute approximate surface area is 199 Å². The zero-order valence-electron chi connectivity index (χ0n) is 18.8. The molecular weight excluding hydrogens is 436 g/mol. The lowest BCUT2D eigenvalue weighted by Crippen LogP contribution is -2.13. The molecule has 0 heterocycles. The normalized spacial score (nSPS) is 10.9. The molecule has 168 valence electrons. The van der Waals surface area contributed by atoms with Gasteiger partial charge in [0.1, 0.15) is 18.2 Å². The Kier molecular flexibility index (Phi) is 8.12. The molecule has 0 spiro atoms. The predicted octanol–water partition coefficient (Wildman–Crippen LogP) is 6.48. The summed E-state index contributed by atoms with van der Waals surface area (Å²) >= 11 is 6.12. The molecule has 1 amide bonds. The molecule has 5 nitrogen and oxygen atoms in total. The average molecular weight is 461 g/mol. The highest BCUT2D eigenvalue weighted by atomic mass is 35.5. The zero-order valence-corrected chi connectivity index (χ0v) is 19.6. The highest BCUT2D eigenvalue weighted by Crippen LogP contribution is 2.30. The first-order valence-electron chi connectivity index (χ1n) is 10.5. The number of nitrogens with one attached hydrogen (secondary N) is 1. The summed E-state index contributed by atoms with van der Waals surface area (Å²) in [6, 6.07) is 20.6. The summed E-state index contributed by atoms with van der Waals surface area (Å²) in [7, 11) is 0. The Hall–Kier alpha value is -3.75. The standard InChI is InChI=1S/C27H25ClN2O3/c1-4-32-26-14-21(10-12-25(26)33-17-20-8-5-18(2)6-9-20)13-22(16-29)27(31)30-23-11-7-19(3)24(28)15-23/h5-15H,4,17H2,1-3H3,(H,30,31)/b22-13-. The minimum atomic E-state index is -0.518. The van der Waals surface area contributed by atoms with E-state index in [1.54, 1.807) is 36.4 Å². The summed E-state index contributed by atoms with van der Waals surface area (Å²) in [5.41, 5.74) is 4.27. The molecule has 0 saturated heterocycles. The monoisotopic (exact) mass is 460 g/mol. The van der Waals surface area contributed by atoms with Gasteiger partial charge in [-0.1, -0.05) is 53.6 Å². The number of nitrogens with zero attached hydrogens (tertiary/aromatic N) is 1. The van der Waals surface area contributed by atoms with Crippen LogP contribution in [-0.4, -0.2) is 12.5 Å². The first-order valence-corrected chi connectivity index (χ1v) is 10.9. The number of amides is 1. The van der Waals surface area contributed by atoms with Crippen LogP contribution in [0.15, 0.2) is 66.2 Å². The lowest BCUT2D eigenvalue weighted by molar-refractivity contribution is -0.112. The van der Waals surface area contributed by atoms with E-state index in [0.717, 1.165) is 11.1 Å². The van der Waals surface area contributed by atoms with Crippen LogP contribution in [0.25, 0.3) is 6.08 Å². The van der Waals surface area contributed by atoms with Gasteiger partial charge in [0.15, 0.2) is 11.5 Å².